The van der Waals surface area contributed by atoms with Crippen LogP contribution in [0.1, 0.15) is 23.6 Å². The first-order chi connectivity index (χ1) is 14.2. The molecule has 6 nitrogen and oxygen atoms in total. The number of thioether (sulfide) groups is 1. The van der Waals surface area contributed by atoms with Crippen LogP contribution in [-0.2, 0) is 18.8 Å². The fourth-order valence-corrected chi connectivity index (χ4v) is 3.42. The second-order valence-electron chi connectivity index (χ2n) is 6.40. The van der Waals surface area contributed by atoms with Gasteiger partial charge in [0.15, 0.2) is 5.96 Å². The quantitative estimate of drug-likeness (QED) is 0.438. The van der Waals surface area contributed by atoms with Crippen molar-refractivity contribution < 1.29 is 4.39 Å². The number of halogens is 1. The number of nitrogens with zero attached hydrogens (tertiary/aromatic N) is 4. The van der Waals surface area contributed by atoms with Crippen molar-refractivity contribution in [2.24, 2.45) is 4.99 Å². The van der Waals surface area contributed by atoms with E-state index >= 15 is 0 Å². The zero-order chi connectivity index (χ0) is 20.5. The van der Waals surface area contributed by atoms with E-state index in [1.807, 2.05) is 43.5 Å². The molecule has 0 saturated heterocycles. The molecule has 1 heterocycles. The summed E-state index contributed by atoms with van der Waals surface area (Å²) in [6.45, 7) is 3.93. The molecular weight excluding hydrogens is 387 g/mol. The average molecular weight is 413 g/mol. The van der Waals surface area contributed by atoms with Crippen LogP contribution in [0, 0.1) is 5.82 Å². The van der Waals surface area contributed by atoms with Gasteiger partial charge in [0, 0.05) is 18.8 Å². The highest BCUT2D eigenvalue weighted by Crippen LogP contribution is 2.16. The Bertz CT molecular complexity index is 925. The summed E-state index contributed by atoms with van der Waals surface area (Å²) in [5.41, 5.74) is 4.13. The van der Waals surface area contributed by atoms with E-state index in [1.165, 1.54) is 12.4 Å². The van der Waals surface area contributed by atoms with Crippen LogP contribution in [0.25, 0.3) is 5.69 Å². The second-order valence-corrected chi connectivity index (χ2v) is 7.27. The van der Waals surface area contributed by atoms with Crippen molar-refractivity contribution in [1.82, 2.24) is 25.4 Å². The molecule has 0 saturated carbocycles. The van der Waals surface area contributed by atoms with Crippen LogP contribution in [0.5, 0.6) is 0 Å². The number of benzene rings is 2. The van der Waals surface area contributed by atoms with Gasteiger partial charge in [0.25, 0.3) is 0 Å². The number of hydrogen-bond donors (Lipinski definition) is 2. The van der Waals surface area contributed by atoms with Gasteiger partial charge in [-0.15, -0.1) is 0 Å². The van der Waals surface area contributed by atoms with Gasteiger partial charge in [0.1, 0.15) is 18.5 Å². The van der Waals surface area contributed by atoms with Gasteiger partial charge < -0.3 is 10.6 Å². The molecule has 8 heteroatoms. The standard InChI is InChI=1S/C21H25FN6S/c1-3-24-21(26-12-17-6-7-19(22)10-18(17)13-29-2)25-11-16-4-8-20(9-5-16)28-15-23-14-27-28/h4-10,14-15H,3,11-13H2,1-2H3,(H2,24,25,26). The molecule has 0 aliphatic carbocycles. The Morgan fingerprint density at radius 1 is 1.14 bits per heavy atom. The van der Waals surface area contributed by atoms with Gasteiger partial charge in [0.05, 0.1) is 12.2 Å². The van der Waals surface area contributed by atoms with E-state index in [9.17, 15) is 4.39 Å². The van der Waals surface area contributed by atoms with Crippen molar-refractivity contribution in [2.45, 2.75) is 25.8 Å². The Labute approximate surface area is 174 Å². The van der Waals surface area contributed by atoms with Crippen LogP contribution in [0.2, 0.25) is 0 Å². The largest absolute Gasteiger partial charge is 0.357 e. The molecule has 0 bridgehead atoms. The van der Waals surface area contributed by atoms with Crippen LogP contribution in [0.4, 0.5) is 4.39 Å². The molecule has 152 valence electrons. The average Bonchev–Trinajstić information content (AvgIpc) is 3.27. The van der Waals surface area contributed by atoms with Crippen molar-refractivity contribution in [2.75, 3.05) is 12.8 Å². The number of aromatic nitrogens is 3. The summed E-state index contributed by atoms with van der Waals surface area (Å²) in [4.78, 5) is 8.63. The van der Waals surface area contributed by atoms with Gasteiger partial charge in [-0.05, 0) is 54.1 Å². The first kappa shape index (κ1) is 20.9. The number of nitrogens with one attached hydrogen (secondary N) is 2. The molecule has 29 heavy (non-hydrogen) atoms. The molecule has 0 spiro atoms. The number of guanidine groups is 1. The molecule has 2 N–H and O–H groups in total. The number of rotatable bonds is 8. The molecule has 0 atom stereocenters. The van der Waals surface area contributed by atoms with E-state index in [1.54, 1.807) is 28.8 Å². The SMILES string of the molecule is CCNC(=NCc1ccc(-n2cncn2)cc1)NCc1ccc(F)cc1CSC. The van der Waals surface area contributed by atoms with E-state index in [-0.39, 0.29) is 5.82 Å². The molecule has 0 amide bonds. The van der Waals surface area contributed by atoms with Crippen LogP contribution in [-0.4, -0.2) is 33.5 Å². The Morgan fingerprint density at radius 2 is 1.97 bits per heavy atom. The van der Waals surface area contributed by atoms with Crippen LogP contribution >= 0.6 is 11.8 Å². The molecule has 0 unspecified atom stereocenters. The molecule has 1 aromatic heterocycles. The minimum atomic E-state index is -0.201. The lowest BCUT2D eigenvalue weighted by atomic mass is 10.1. The Hall–Kier alpha value is -2.87. The summed E-state index contributed by atoms with van der Waals surface area (Å²) < 4.78 is 15.3. The summed E-state index contributed by atoms with van der Waals surface area (Å²) >= 11 is 1.68. The van der Waals surface area contributed by atoms with Crippen molar-refractivity contribution >= 4 is 17.7 Å². The van der Waals surface area contributed by atoms with Gasteiger partial charge in [-0.3, -0.25) is 0 Å². The molecule has 0 aliphatic heterocycles. The third-order valence-electron chi connectivity index (χ3n) is 4.30. The topological polar surface area (TPSA) is 67.1 Å². The summed E-state index contributed by atoms with van der Waals surface area (Å²) in [7, 11) is 0. The van der Waals surface area contributed by atoms with Crippen LogP contribution in [0.15, 0.2) is 60.1 Å². The van der Waals surface area contributed by atoms with E-state index in [0.29, 0.717) is 13.1 Å². The van der Waals surface area contributed by atoms with Crippen molar-refractivity contribution in [3.05, 3.63) is 77.6 Å². The molecule has 2 aromatic carbocycles. The lowest BCUT2D eigenvalue weighted by Crippen LogP contribution is -2.37. The highest BCUT2D eigenvalue weighted by Gasteiger charge is 2.06. The van der Waals surface area contributed by atoms with Crippen LogP contribution < -0.4 is 10.6 Å². The van der Waals surface area contributed by atoms with Gasteiger partial charge >= 0.3 is 0 Å². The second kappa shape index (κ2) is 10.6. The maximum absolute atomic E-state index is 13.5. The minimum absolute atomic E-state index is 0.201. The van der Waals surface area contributed by atoms with Gasteiger partial charge in [0.2, 0.25) is 0 Å². The van der Waals surface area contributed by atoms with E-state index < -0.39 is 0 Å². The maximum atomic E-state index is 13.5. The monoisotopic (exact) mass is 412 g/mol. The van der Waals surface area contributed by atoms with E-state index in [0.717, 1.165) is 40.6 Å². The molecule has 3 aromatic rings. The van der Waals surface area contributed by atoms with Gasteiger partial charge in [-0.2, -0.15) is 16.9 Å². The normalized spacial score (nSPS) is 11.5. The van der Waals surface area contributed by atoms with Crippen molar-refractivity contribution in [3.8, 4) is 5.69 Å². The molecule has 0 radical (unpaired) electrons. The maximum Gasteiger partial charge on any atom is 0.191 e. The zero-order valence-electron chi connectivity index (χ0n) is 16.6. The molecular formula is C21H25FN6S. The van der Waals surface area contributed by atoms with E-state index in [2.05, 4.69) is 25.7 Å². The summed E-state index contributed by atoms with van der Waals surface area (Å²) in [6, 6.07) is 13.0. The van der Waals surface area contributed by atoms with E-state index in [4.69, 9.17) is 0 Å². The smallest absolute Gasteiger partial charge is 0.191 e. The number of aliphatic imine (C=N–C) groups is 1. The molecule has 0 aliphatic rings. The zero-order valence-corrected chi connectivity index (χ0v) is 17.4. The highest BCUT2D eigenvalue weighted by molar-refractivity contribution is 7.97. The van der Waals surface area contributed by atoms with Gasteiger partial charge in [-0.25, -0.2) is 19.0 Å². The Balaban J connectivity index is 1.64. The van der Waals surface area contributed by atoms with Crippen molar-refractivity contribution in [1.29, 1.82) is 0 Å². The Kier molecular flexibility index (Phi) is 7.63. The predicted molar refractivity (Wildman–Crippen MR) is 117 cm³/mol. The summed E-state index contributed by atoms with van der Waals surface area (Å²) in [5, 5.41) is 10.7. The highest BCUT2D eigenvalue weighted by atomic mass is 32.2. The predicted octanol–water partition coefficient (Wildman–Crippen LogP) is 3.52. The minimum Gasteiger partial charge on any atom is -0.357 e. The first-order valence-corrected chi connectivity index (χ1v) is 10.8. The van der Waals surface area contributed by atoms with Crippen molar-refractivity contribution in [3.63, 3.8) is 0 Å². The lowest BCUT2D eigenvalue weighted by Gasteiger charge is -2.14. The number of hydrogen-bond acceptors (Lipinski definition) is 4. The summed E-state index contributed by atoms with van der Waals surface area (Å²) in [5.74, 6) is 1.31. The molecule has 3 rings (SSSR count). The lowest BCUT2D eigenvalue weighted by molar-refractivity contribution is 0.625. The first-order valence-electron chi connectivity index (χ1n) is 9.42. The third kappa shape index (κ3) is 6.05. The summed E-state index contributed by atoms with van der Waals surface area (Å²) in [6.07, 6.45) is 5.20. The fourth-order valence-electron chi connectivity index (χ4n) is 2.84. The molecule has 0 fully saturated rings. The van der Waals surface area contributed by atoms with Crippen LogP contribution in [0.3, 0.4) is 0 Å². The fraction of sp³-hybridized carbons (Fsp3) is 0.286. The Morgan fingerprint density at radius 3 is 2.66 bits per heavy atom. The van der Waals surface area contributed by atoms with Gasteiger partial charge in [-0.1, -0.05) is 18.2 Å². The third-order valence-corrected chi connectivity index (χ3v) is 4.90.